The molecule has 7 nitrogen and oxygen atoms in total. The highest BCUT2D eigenvalue weighted by atomic mass is 32.2. The minimum atomic E-state index is -3.92. The summed E-state index contributed by atoms with van der Waals surface area (Å²) in [5.41, 5.74) is 7.86. The molecule has 0 bridgehead atoms. The van der Waals surface area contributed by atoms with Crippen LogP contribution >= 0.6 is 0 Å². The van der Waals surface area contributed by atoms with Crippen LogP contribution < -0.4 is 11.1 Å². The number of fused-ring (bicyclic) bond motifs is 1. The first-order valence-electron chi connectivity index (χ1n) is 9.20. The van der Waals surface area contributed by atoms with Gasteiger partial charge in [-0.15, -0.1) is 0 Å². The highest BCUT2D eigenvalue weighted by Crippen LogP contribution is 2.41. The molecule has 0 aliphatic carbocycles. The first kappa shape index (κ1) is 18.5. The first-order valence-corrected chi connectivity index (χ1v) is 10.6. The average Bonchev–Trinajstić information content (AvgIpc) is 3.29. The van der Waals surface area contributed by atoms with E-state index in [1.807, 2.05) is 0 Å². The Kier molecular flexibility index (Phi) is 4.57. The van der Waals surface area contributed by atoms with Crippen molar-refractivity contribution >= 4 is 26.9 Å². The lowest BCUT2D eigenvalue weighted by molar-refractivity contribution is 0.505. The van der Waals surface area contributed by atoms with Gasteiger partial charge in [0.15, 0.2) is 5.65 Å². The topological polar surface area (TPSA) is 114 Å². The summed E-state index contributed by atoms with van der Waals surface area (Å²) in [7, 11) is -3.92. The van der Waals surface area contributed by atoms with Crippen molar-refractivity contribution < 1.29 is 8.42 Å². The van der Waals surface area contributed by atoms with Crippen molar-refractivity contribution in [1.82, 2.24) is 14.3 Å². The van der Waals surface area contributed by atoms with Crippen LogP contribution in [-0.2, 0) is 10.0 Å². The fraction of sp³-hybridized carbons (Fsp3) is 0.300. The second-order valence-corrected chi connectivity index (χ2v) is 8.81. The molecule has 0 amide bonds. The minimum Gasteiger partial charge on any atom is -0.384 e. The van der Waals surface area contributed by atoms with Crippen LogP contribution in [0.25, 0.3) is 11.0 Å². The summed E-state index contributed by atoms with van der Waals surface area (Å²) in [5, 5.41) is 13.3. The molecule has 1 aliphatic rings. The number of aromatic nitrogens is 2. The van der Waals surface area contributed by atoms with Crippen LogP contribution in [0, 0.1) is 17.2 Å². The standard InChI is InChI=1S/C20H21N5O2S/c1-2-14-11-23-12-17(14)18-16-8-13(9-21)10-24-20(16)25(19(18)22)28(26,27)15-6-4-3-5-7-15/h3-8,10,14,17,23H,2,11-12,22H2,1H3. The zero-order chi connectivity index (χ0) is 19.9. The van der Waals surface area contributed by atoms with E-state index in [4.69, 9.17) is 5.73 Å². The Morgan fingerprint density at radius 1 is 1.32 bits per heavy atom. The van der Waals surface area contributed by atoms with E-state index in [0.29, 0.717) is 23.4 Å². The van der Waals surface area contributed by atoms with Crippen LogP contribution in [0.5, 0.6) is 0 Å². The summed E-state index contributed by atoms with van der Waals surface area (Å²) in [6.07, 6.45) is 2.33. The highest BCUT2D eigenvalue weighted by Gasteiger charge is 2.35. The van der Waals surface area contributed by atoms with Gasteiger partial charge in [-0.25, -0.2) is 17.4 Å². The van der Waals surface area contributed by atoms with Crippen LogP contribution in [0.4, 0.5) is 5.82 Å². The molecule has 1 aromatic carbocycles. The summed E-state index contributed by atoms with van der Waals surface area (Å²) in [5.74, 6) is 0.579. The number of nitrogens with zero attached hydrogens (tertiary/aromatic N) is 3. The molecule has 1 saturated heterocycles. The SMILES string of the molecule is CCC1CNCC1c1c(N)n(S(=O)(=O)c2ccccc2)c2ncc(C#N)cc12. The minimum absolute atomic E-state index is 0.0652. The van der Waals surface area contributed by atoms with Gasteiger partial charge in [-0.2, -0.15) is 5.26 Å². The Labute approximate surface area is 163 Å². The van der Waals surface area contributed by atoms with E-state index in [1.54, 1.807) is 24.3 Å². The predicted octanol–water partition coefficient (Wildman–Crippen LogP) is 2.44. The Bertz CT molecular complexity index is 1180. The van der Waals surface area contributed by atoms with Crippen LogP contribution in [-0.4, -0.2) is 30.5 Å². The normalized spacial score (nSPS) is 19.7. The first-order chi connectivity index (χ1) is 13.5. The molecule has 4 rings (SSSR count). The van der Waals surface area contributed by atoms with Gasteiger partial charge in [0.25, 0.3) is 10.0 Å². The molecule has 0 spiro atoms. The highest BCUT2D eigenvalue weighted by molar-refractivity contribution is 7.90. The Hall–Kier alpha value is -2.89. The van der Waals surface area contributed by atoms with Gasteiger partial charge in [-0.3, -0.25) is 0 Å². The third-order valence-corrected chi connectivity index (χ3v) is 7.21. The summed E-state index contributed by atoms with van der Waals surface area (Å²) in [6.45, 7) is 3.67. The lowest BCUT2D eigenvalue weighted by Gasteiger charge is -2.17. The molecule has 144 valence electrons. The number of nitrogens with two attached hydrogens (primary N) is 1. The predicted molar refractivity (Wildman–Crippen MR) is 107 cm³/mol. The van der Waals surface area contributed by atoms with Crippen molar-refractivity contribution in [2.45, 2.75) is 24.2 Å². The number of hydrogen-bond donors (Lipinski definition) is 2. The van der Waals surface area contributed by atoms with Crippen molar-refractivity contribution in [3.63, 3.8) is 0 Å². The largest absolute Gasteiger partial charge is 0.384 e. The molecule has 28 heavy (non-hydrogen) atoms. The fourth-order valence-corrected chi connectivity index (χ4v) is 5.51. The van der Waals surface area contributed by atoms with Gasteiger partial charge < -0.3 is 11.1 Å². The quantitative estimate of drug-likeness (QED) is 0.701. The van der Waals surface area contributed by atoms with E-state index in [1.165, 1.54) is 18.3 Å². The van der Waals surface area contributed by atoms with Crippen LogP contribution in [0.15, 0.2) is 47.5 Å². The zero-order valence-corrected chi connectivity index (χ0v) is 16.3. The number of rotatable bonds is 4. The second-order valence-electron chi connectivity index (χ2n) is 7.02. The van der Waals surface area contributed by atoms with Gasteiger partial charge in [-0.1, -0.05) is 31.5 Å². The molecule has 2 unspecified atom stereocenters. The summed E-state index contributed by atoms with van der Waals surface area (Å²) in [6, 6.07) is 12.0. The summed E-state index contributed by atoms with van der Waals surface area (Å²) < 4.78 is 27.9. The maximum absolute atomic E-state index is 13.4. The molecule has 3 N–H and O–H groups in total. The molecule has 2 atom stereocenters. The van der Waals surface area contributed by atoms with E-state index in [9.17, 15) is 13.7 Å². The molecule has 1 aliphatic heterocycles. The van der Waals surface area contributed by atoms with Gasteiger partial charge >= 0.3 is 0 Å². The molecule has 3 aromatic rings. The van der Waals surface area contributed by atoms with E-state index in [0.717, 1.165) is 22.5 Å². The zero-order valence-electron chi connectivity index (χ0n) is 15.5. The molecule has 0 saturated carbocycles. The van der Waals surface area contributed by atoms with Gasteiger partial charge in [0.1, 0.15) is 11.9 Å². The van der Waals surface area contributed by atoms with E-state index < -0.39 is 10.0 Å². The van der Waals surface area contributed by atoms with Gasteiger partial charge in [0.05, 0.1) is 10.5 Å². The molecule has 8 heteroatoms. The van der Waals surface area contributed by atoms with Crippen molar-refractivity contribution in [3.05, 3.63) is 53.7 Å². The maximum atomic E-state index is 13.4. The van der Waals surface area contributed by atoms with Crippen molar-refractivity contribution in [1.29, 1.82) is 5.26 Å². The summed E-state index contributed by atoms with van der Waals surface area (Å²) in [4.78, 5) is 4.45. The van der Waals surface area contributed by atoms with E-state index in [-0.39, 0.29) is 22.3 Å². The smallest absolute Gasteiger partial charge is 0.271 e. The Morgan fingerprint density at radius 2 is 2.07 bits per heavy atom. The monoisotopic (exact) mass is 395 g/mol. The molecule has 0 radical (unpaired) electrons. The summed E-state index contributed by atoms with van der Waals surface area (Å²) >= 11 is 0. The maximum Gasteiger partial charge on any atom is 0.271 e. The third kappa shape index (κ3) is 2.75. The van der Waals surface area contributed by atoms with Crippen LogP contribution in [0.2, 0.25) is 0 Å². The Balaban J connectivity index is 2.04. The molecular formula is C20H21N5O2S. The van der Waals surface area contributed by atoms with Gasteiger partial charge in [0.2, 0.25) is 0 Å². The average molecular weight is 395 g/mol. The van der Waals surface area contributed by atoms with E-state index in [2.05, 4.69) is 23.3 Å². The number of hydrogen-bond acceptors (Lipinski definition) is 6. The number of nitrogens with one attached hydrogen (secondary N) is 1. The van der Waals surface area contributed by atoms with Crippen molar-refractivity contribution in [2.75, 3.05) is 18.8 Å². The van der Waals surface area contributed by atoms with Crippen LogP contribution in [0.1, 0.15) is 30.4 Å². The van der Waals surface area contributed by atoms with Crippen molar-refractivity contribution in [2.24, 2.45) is 5.92 Å². The lowest BCUT2D eigenvalue weighted by Crippen LogP contribution is -2.17. The third-order valence-electron chi connectivity index (χ3n) is 5.49. The van der Waals surface area contributed by atoms with Gasteiger partial charge in [-0.05, 0) is 30.7 Å². The second kappa shape index (κ2) is 6.93. The molecule has 2 aromatic heterocycles. The van der Waals surface area contributed by atoms with Crippen molar-refractivity contribution in [3.8, 4) is 6.07 Å². The van der Waals surface area contributed by atoms with E-state index >= 15 is 0 Å². The number of nitrogen functional groups attached to an aromatic ring is 1. The molecule has 1 fully saturated rings. The number of nitriles is 1. The van der Waals surface area contributed by atoms with Gasteiger partial charge in [0, 0.05) is 29.6 Å². The lowest BCUT2D eigenvalue weighted by atomic mass is 9.86. The number of pyridine rings is 1. The molecule has 3 heterocycles. The number of benzene rings is 1. The fourth-order valence-electron chi connectivity index (χ4n) is 4.07. The number of anilines is 1. The molecular weight excluding hydrogens is 374 g/mol. The Morgan fingerprint density at radius 3 is 2.75 bits per heavy atom. The van der Waals surface area contributed by atoms with Crippen LogP contribution in [0.3, 0.4) is 0 Å².